The fourth-order valence-electron chi connectivity index (χ4n) is 2.25. The van der Waals surface area contributed by atoms with E-state index in [1.165, 1.54) is 11.9 Å². The molecule has 0 N–H and O–H groups in total. The van der Waals surface area contributed by atoms with E-state index in [0.29, 0.717) is 5.78 Å². The second-order valence-corrected chi connectivity index (χ2v) is 5.94. The lowest BCUT2D eigenvalue weighted by molar-refractivity contribution is 0.811. The molecule has 0 saturated heterocycles. The van der Waals surface area contributed by atoms with Crippen molar-refractivity contribution in [3.8, 4) is 0 Å². The normalized spacial score (nSPS) is 11.0. The highest BCUT2D eigenvalue weighted by atomic mass is 79.9. The molecule has 0 aliphatic heterocycles. The van der Waals surface area contributed by atoms with Crippen LogP contribution in [-0.4, -0.2) is 33.2 Å². The molecule has 0 spiro atoms. The van der Waals surface area contributed by atoms with Gasteiger partial charge in [0, 0.05) is 29.8 Å². The van der Waals surface area contributed by atoms with Gasteiger partial charge in [0.25, 0.3) is 5.78 Å². The lowest BCUT2D eigenvalue weighted by Crippen LogP contribution is -2.23. The standard InChI is InChI=1S/C15H16BrN5/c1-11-9-14(21-15(19-11)17-10-18-21)20(2)8-7-12-3-5-13(16)6-4-12/h3-6,9-10H,7-8H2,1-2H3. The maximum Gasteiger partial charge on any atom is 0.254 e. The van der Waals surface area contributed by atoms with Crippen LogP contribution in [0.4, 0.5) is 5.82 Å². The van der Waals surface area contributed by atoms with E-state index in [1.807, 2.05) is 13.0 Å². The zero-order valence-electron chi connectivity index (χ0n) is 12.0. The van der Waals surface area contributed by atoms with Gasteiger partial charge in [-0.05, 0) is 31.0 Å². The van der Waals surface area contributed by atoms with Gasteiger partial charge in [0.2, 0.25) is 0 Å². The Balaban J connectivity index is 1.79. The van der Waals surface area contributed by atoms with Crippen molar-refractivity contribution in [2.45, 2.75) is 13.3 Å². The van der Waals surface area contributed by atoms with Crippen molar-refractivity contribution in [3.05, 3.63) is 52.4 Å². The van der Waals surface area contributed by atoms with E-state index in [-0.39, 0.29) is 0 Å². The molecule has 0 amide bonds. The highest BCUT2D eigenvalue weighted by Gasteiger charge is 2.09. The van der Waals surface area contributed by atoms with E-state index in [4.69, 9.17) is 0 Å². The maximum atomic E-state index is 4.36. The van der Waals surface area contributed by atoms with Crippen molar-refractivity contribution in [2.24, 2.45) is 0 Å². The van der Waals surface area contributed by atoms with E-state index in [1.54, 1.807) is 4.52 Å². The molecular formula is C15H16BrN5. The van der Waals surface area contributed by atoms with Crippen LogP contribution in [0.25, 0.3) is 5.78 Å². The number of hydrogen-bond donors (Lipinski definition) is 0. The van der Waals surface area contributed by atoms with E-state index >= 15 is 0 Å². The SMILES string of the molecule is Cc1cc(N(C)CCc2ccc(Br)cc2)n2ncnc2n1. The molecule has 3 rings (SSSR count). The summed E-state index contributed by atoms with van der Waals surface area (Å²) in [5.41, 5.74) is 2.26. The summed E-state index contributed by atoms with van der Waals surface area (Å²) in [6.45, 7) is 2.88. The van der Waals surface area contributed by atoms with Gasteiger partial charge in [-0.25, -0.2) is 4.98 Å². The van der Waals surface area contributed by atoms with Gasteiger partial charge in [0.1, 0.15) is 12.1 Å². The summed E-state index contributed by atoms with van der Waals surface area (Å²) >= 11 is 3.46. The Labute approximate surface area is 131 Å². The minimum Gasteiger partial charge on any atom is -0.359 e. The number of halogens is 1. The first-order chi connectivity index (χ1) is 10.1. The fourth-order valence-corrected chi connectivity index (χ4v) is 2.51. The Morgan fingerprint density at radius 3 is 2.76 bits per heavy atom. The van der Waals surface area contributed by atoms with E-state index in [2.05, 4.69) is 67.2 Å². The van der Waals surface area contributed by atoms with Crippen LogP contribution in [0.15, 0.2) is 41.1 Å². The first kappa shape index (κ1) is 14.0. The van der Waals surface area contributed by atoms with Crippen LogP contribution in [0.2, 0.25) is 0 Å². The molecule has 0 aliphatic rings. The Kier molecular flexibility index (Phi) is 3.88. The summed E-state index contributed by atoms with van der Waals surface area (Å²) in [6.07, 6.45) is 2.51. The molecule has 0 atom stereocenters. The summed E-state index contributed by atoms with van der Waals surface area (Å²) in [7, 11) is 2.06. The predicted molar refractivity (Wildman–Crippen MR) is 86.6 cm³/mol. The highest BCUT2D eigenvalue weighted by molar-refractivity contribution is 9.10. The molecule has 3 aromatic rings. The summed E-state index contributed by atoms with van der Waals surface area (Å²) < 4.78 is 2.88. The van der Waals surface area contributed by atoms with Crippen molar-refractivity contribution in [2.75, 3.05) is 18.5 Å². The minimum absolute atomic E-state index is 0.639. The molecule has 2 heterocycles. The van der Waals surface area contributed by atoms with Crippen molar-refractivity contribution in [1.29, 1.82) is 0 Å². The van der Waals surface area contributed by atoms with Crippen LogP contribution in [-0.2, 0) is 6.42 Å². The van der Waals surface area contributed by atoms with E-state index < -0.39 is 0 Å². The molecule has 108 valence electrons. The third kappa shape index (κ3) is 3.05. The van der Waals surface area contributed by atoms with Crippen molar-refractivity contribution < 1.29 is 0 Å². The quantitative estimate of drug-likeness (QED) is 0.729. The highest BCUT2D eigenvalue weighted by Crippen LogP contribution is 2.16. The Bertz CT molecular complexity index is 750. The van der Waals surface area contributed by atoms with E-state index in [9.17, 15) is 0 Å². The number of benzene rings is 1. The molecule has 0 bridgehead atoms. The van der Waals surface area contributed by atoms with Gasteiger partial charge >= 0.3 is 0 Å². The van der Waals surface area contributed by atoms with Crippen LogP contribution < -0.4 is 4.90 Å². The number of fused-ring (bicyclic) bond motifs is 1. The van der Waals surface area contributed by atoms with E-state index in [0.717, 1.165) is 29.0 Å². The number of hydrogen-bond acceptors (Lipinski definition) is 4. The molecule has 2 aromatic heterocycles. The van der Waals surface area contributed by atoms with Gasteiger partial charge in [-0.2, -0.15) is 14.6 Å². The van der Waals surface area contributed by atoms with Crippen LogP contribution in [0, 0.1) is 6.92 Å². The molecule has 0 fully saturated rings. The smallest absolute Gasteiger partial charge is 0.254 e. The van der Waals surface area contributed by atoms with Crippen molar-refractivity contribution in [3.63, 3.8) is 0 Å². The average molecular weight is 346 g/mol. The topological polar surface area (TPSA) is 46.3 Å². The molecule has 0 aliphatic carbocycles. The van der Waals surface area contributed by atoms with Gasteiger partial charge in [0.05, 0.1) is 0 Å². The molecule has 5 nitrogen and oxygen atoms in total. The summed E-state index contributed by atoms with van der Waals surface area (Å²) in [5, 5.41) is 4.24. The number of rotatable bonds is 4. The van der Waals surface area contributed by atoms with Gasteiger partial charge < -0.3 is 4.90 Å². The van der Waals surface area contributed by atoms with Gasteiger partial charge in [-0.15, -0.1) is 0 Å². The summed E-state index contributed by atoms with van der Waals surface area (Å²) in [6, 6.07) is 10.5. The Morgan fingerprint density at radius 2 is 2.00 bits per heavy atom. The van der Waals surface area contributed by atoms with Gasteiger partial charge in [0.15, 0.2) is 0 Å². The summed E-state index contributed by atoms with van der Waals surface area (Å²) in [4.78, 5) is 10.7. The van der Waals surface area contributed by atoms with Crippen LogP contribution >= 0.6 is 15.9 Å². The largest absolute Gasteiger partial charge is 0.359 e. The first-order valence-electron chi connectivity index (χ1n) is 6.76. The number of aryl methyl sites for hydroxylation is 1. The molecule has 6 heteroatoms. The number of aromatic nitrogens is 4. The molecule has 0 radical (unpaired) electrons. The monoisotopic (exact) mass is 345 g/mol. The van der Waals surface area contributed by atoms with Crippen molar-refractivity contribution in [1.82, 2.24) is 19.6 Å². The Hall–Kier alpha value is -1.95. The van der Waals surface area contributed by atoms with Crippen LogP contribution in [0.3, 0.4) is 0 Å². The van der Waals surface area contributed by atoms with Gasteiger partial charge in [-0.3, -0.25) is 0 Å². The average Bonchev–Trinajstić information content (AvgIpc) is 2.93. The third-order valence-corrected chi connectivity index (χ3v) is 3.93. The summed E-state index contributed by atoms with van der Waals surface area (Å²) in [5.74, 6) is 1.65. The number of anilines is 1. The molecule has 0 saturated carbocycles. The fraction of sp³-hybridized carbons (Fsp3) is 0.267. The van der Waals surface area contributed by atoms with Crippen LogP contribution in [0.1, 0.15) is 11.3 Å². The third-order valence-electron chi connectivity index (χ3n) is 3.40. The number of likely N-dealkylation sites (N-methyl/N-ethyl adjacent to an activating group) is 1. The molecular weight excluding hydrogens is 330 g/mol. The zero-order valence-corrected chi connectivity index (χ0v) is 13.6. The predicted octanol–water partition coefficient (Wildman–Crippen LogP) is 2.87. The zero-order chi connectivity index (χ0) is 14.8. The second kappa shape index (κ2) is 5.81. The molecule has 1 aromatic carbocycles. The van der Waals surface area contributed by atoms with Crippen LogP contribution in [0.5, 0.6) is 0 Å². The van der Waals surface area contributed by atoms with Gasteiger partial charge in [-0.1, -0.05) is 28.1 Å². The second-order valence-electron chi connectivity index (χ2n) is 5.03. The molecule has 21 heavy (non-hydrogen) atoms. The van der Waals surface area contributed by atoms with Crippen molar-refractivity contribution >= 4 is 27.5 Å². The number of nitrogens with zero attached hydrogens (tertiary/aromatic N) is 5. The minimum atomic E-state index is 0.639. The maximum absolute atomic E-state index is 4.36. The molecule has 0 unspecified atom stereocenters. The lowest BCUT2D eigenvalue weighted by atomic mass is 10.1. The lowest BCUT2D eigenvalue weighted by Gasteiger charge is -2.20. The first-order valence-corrected chi connectivity index (χ1v) is 7.56. The Morgan fingerprint density at radius 1 is 1.24 bits per heavy atom.